The second-order valence-corrected chi connectivity index (χ2v) is 7.35. The van der Waals surface area contributed by atoms with Crippen molar-refractivity contribution in [1.82, 2.24) is 10.1 Å². The molecule has 0 radical (unpaired) electrons. The summed E-state index contributed by atoms with van der Waals surface area (Å²) < 4.78 is 5.43. The van der Waals surface area contributed by atoms with Gasteiger partial charge in [0.05, 0.1) is 11.7 Å². The van der Waals surface area contributed by atoms with Crippen LogP contribution in [0.15, 0.2) is 28.8 Å². The fourth-order valence-electron chi connectivity index (χ4n) is 3.91. The van der Waals surface area contributed by atoms with Crippen LogP contribution in [0.4, 0.5) is 0 Å². The molecule has 126 valence electrons. The molecule has 1 amide bonds. The highest BCUT2D eigenvalue weighted by Gasteiger charge is 2.48. The van der Waals surface area contributed by atoms with Gasteiger partial charge in [0.1, 0.15) is 0 Å². The molecule has 24 heavy (non-hydrogen) atoms. The van der Waals surface area contributed by atoms with E-state index in [0.717, 1.165) is 37.3 Å². The largest absolute Gasteiger partial charge is 0.359 e. The lowest BCUT2D eigenvalue weighted by atomic mass is 10.0. The lowest BCUT2D eigenvalue weighted by Gasteiger charge is -2.23. The number of rotatable bonds is 3. The van der Waals surface area contributed by atoms with Gasteiger partial charge in [-0.2, -0.15) is 0 Å². The number of hydrogen-bond acceptors (Lipinski definition) is 3. The van der Waals surface area contributed by atoms with E-state index in [1.807, 2.05) is 17.9 Å². The molecule has 0 unspecified atom stereocenters. The summed E-state index contributed by atoms with van der Waals surface area (Å²) in [7, 11) is 0. The van der Waals surface area contributed by atoms with E-state index in [1.54, 1.807) is 0 Å². The molecule has 1 aromatic carbocycles. The van der Waals surface area contributed by atoms with Gasteiger partial charge in [-0.25, -0.2) is 0 Å². The van der Waals surface area contributed by atoms with Crippen molar-refractivity contribution in [3.8, 4) is 0 Å². The molecular weight excluding hydrogens is 300 g/mol. The van der Waals surface area contributed by atoms with E-state index < -0.39 is 0 Å². The van der Waals surface area contributed by atoms with Crippen molar-refractivity contribution < 1.29 is 9.32 Å². The lowest BCUT2D eigenvalue weighted by Crippen LogP contribution is -2.32. The third kappa shape index (κ3) is 2.64. The predicted molar refractivity (Wildman–Crippen MR) is 91.7 cm³/mol. The van der Waals surface area contributed by atoms with Gasteiger partial charge in [0.2, 0.25) is 5.91 Å². The SMILES string of the molecule is Cc1cc([C@@H]2CCCN2C(=O)[C@@H]2C[C@@H]2c2ccc(C)c(C)c2)on1. The Morgan fingerprint density at radius 2 is 2.04 bits per heavy atom. The average molecular weight is 324 g/mol. The van der Waals surface area contributed by atoms with E-state index in [1.165, 1.54) is 16.7 Å². The molecular formula is C20H24N2O2. The molecule has 0 bridgehead atoms. The Morgan fingerprint density at radius 1 is 1.21 bits per heavy atom. The molecule has 0 spiro atoms. The predicted octanol–water partition coefficient (Wildman–Crippen LogP) is 4.07. The standard InChI is InChI=1S/C20H24N2O2/c1-12-6-7-15(9-13(12)2)16-11-17(16)20(23)22-8-4-5-18(22)19-10-14(3)21-24-19/h6-7,9-10,16-18H,4-5,8,11H2,1-3H3/t16-,17-,18+/m1/s1. The summed E-state index contributed by atoms with van der Waals surface area (Å²) in [6.45, 7) is 7.02. The molecule has 1 saturated heterocycles. The van der Waals surface area contributed by atoms with Gasteiger partial charge in [-0.15, -0.1) is 0 Å². The summed E-state index contributed by atoms with van der Waals surface area (Å²) in [6, 6.07) is 8.63. The summed E-state index contributed by atoms with van der Waals surface area (Å²) >= 11 is 0. The average Bonchev–Trinajstić information content (AvgIpc) is 2.99. The molecule has 4 heteroatoms. The minimum Gasteiger partial charge on any atom is -0.359 e. The Hall–Kier alpha value is -2.10. The summed E-state index contributed by atoms with van der Waals surface area (Å²) in [5.74, 6) is 1.64. The minimum absolute atomic E-state index is 0.0692. The van der Waals surface area contributed by atoms with Gasteiger partial charge in [-0.1, -0.05) is 23.4 Å². The van der Waals surface area contributed by atoms with Crippen molar-refractivity contribution in [2.24, 2.45) is 5.92 Å². The first-order valence-electron chi connectivity index (χ1n) is 8.85. The number of carbonyl (C=O) groups excluding carboxylic acids is 1. The Bertz CT molecular complexity index is 780. The van der Waals surface area contributed by atoms with E-state index in [4.69, 9.17) is 4.52 Å². The smallest absolute Gasteiger partial charge is 0.226 e. The molecule has 3 atom stereocenters. The fraction of sp³-hybridized carbons (Fsp3) is 0.500. The van der Waals surface area contributed by atoms with Crippen LogP contribution in [0.25, 0.3) is 0 Å². The maximum absolute atomic E-state index is 13.0. The number of likely N-dealkylation sites (tertiary alicyclic amines) is 1. The van der Waals surface area contributed by atoms with Gasteiger partial charge < -0.3 is 9.42 Å². The van der Waals surface area contributed by atoms with E-state index in [9.17, 15) is 4.79 Å². The summed E-state index contributed by atoms with van der Waals surface area (Å²) in [5.41, 5.74) is 4.80. The Labute approximate surface area is 142 Å². The van der Waals surface area contributed by atoms with Gasteiger partial charge in [-0.05, 0) is 62.6 Å². The number of hydrogen-bond donors (Lipinski definition) is 0. The second-order valence-electron chi connectivity index (χ2n) is 7.35. The number of carbonyl (C=O) groups is 1. The maximum Gasteiger partial charge on any atom is 0.226 e. The number of aryl methyl sites for hydroxylation is 3. The van der Waals surface area contributed by atoms with Crippen molar-refractivity contribution >= 4 is 5.91 Å². The highest BCUT2D eigenvalue weighted by molar-refractivity contribution is 5.83. The Morgan fingerprint density at radius 3 is 2.75 bits per heavy atom. The van der Waals surface area contributed by atoms with E-state index in [2.05, 4.69) is 37.2 Å². The molecule has 2 aromatic rings. The summed E-state index contributed by atoms with van der Waals surface area (Å²) in [4.78, 5) is 15.0. The molecule has 1 aromatic heterocycles. The van der Waals surface area contributed by atoms with Crippen LogP contribution in [0, 0.1) is 26.7 Å². The zero-order valence-corrected chi connectivity index (χ0v) is 14.6. The van der Waals surface area contributed by atoms with Crippen LogP contribution in [0.1, 0.15) is 59.4 Å². The van der Waals surface area contributed by atoms with Gasteiger partial charge in [0.25, 0.3) is 0 Å². The quantitative estimate of drug-likeness (QED) is 0.855. The van der Waals surface area contributed by atoms with Gasteiger partial charge in [-0.3, -0.25) is 4.79 Å². The maximum atomic E-state index is 13.0. The normalized spacial score (nSPS) is 26.0. The topological polar surface area (TPSA) is 46.3 Å². The van der Waals surface area contributed by atoms with Crippen LogP contribution in [-0.2, 0) is 4.79 Å². The zero-order valence-electron chi connectivity index (χ0n) is 14.6. The van der Waals surface area contributed by atoms with E-state index >= 15 is 0 Å². The van der Waals surface area contributed by atoms with Gasteiger partial charge in [0.15, 0.2) is 5.76 Å². The molecule has 4 nitrogen and oxygen atoms in total. The lowest BCUT2D eigenvalue weighted by molar-refractivity contribution is -0.134. The minimum atomic E-state index is 0.0692. The van der Waals surface area contributed by atoms with Crippen LogP contribution in [0.3, 0.4) is 0 Å². The molecule has 0 N–H and O–H groups in total. The third-order valence-electron chi connectivity index (χ3n) is 5.58. The van der Waals surface area contributed by atoms with Crippen molar-refractivity contribution in [2.75, 3.05) is 6.54 Å². The van der Waals surface area contributed by atoms with Crippen LogP contribution in [0.2, 0.25) is 0 Å². The van der Waals surface area contributed by atoms with Crippen LogP contribution in [0.5, 0.6) is 0 Å². The van der Waals surface area contributed by atoms with E-state index in [0.29, 0.717) is 5.92 Å². The van der Waals surface area contributed by atoms with Gasteiger partial charge in [0, 0.05) is 18.5 Å². The zero-order chi connectivity index (χ0) is 16.8. The molecule has 2 aliphatic rings. The Kier molecular flexibility index (Phi) is 3.70. The van der Waals surface area contributed by atoms with Crippen molar-refractivity contribution in [3.05, 3.63) is 52.4 Å². The number of nitrogens with zero attached hydrogens (tertiary/aromatic N) is 2. The van der Waals surface area contributed by atoms with Crippen LogP contribution >= 0.6 is 0 Å². The number of benzene rings is 1. The molecule has 1 aliphatic heterocycles. The van der Waals surface area contributed by atoms with E-state index in [-0.39, 0.29) is 17.9 Å². The van der Waals surface area contributed by atoms with Crippen molar-refractivity contribution in [1.29, 1.82) is 0 Å². The molecule has 4 rings (SSSR count). The highest BCUT2D eigenvalue weighted by atomic mass is 16.5. The molecule has 1 aliphatic carbocycles. The molecule has 2 fully saturated rings. The monoisotopic (exact) mass is 324 g/mol. The van der Waals surface area contributed by atoms with Crippen molar-refractivity contribution in [3.63, 3.8) is 0 Å². The molecule has 1 saturated carbocycles. The highest BCUT2D eigenvalue weighted by Crippen LogP contribution is 2.50. The fourth-order valence-corrected chi connectivity index (χ4v) is 3.91. The van der Waals surface area contributed by atoms with Gasteiger partial charge >= 0.3 is 0 Å². The Balaban J connectivity index is 1.49. The first-order valence-corrected chi connectivity index (χ1v) is 8.85. The molecule has 2 heterocycles. The third-order valence-corrected chi connectivity index (χ3v) is 5.58. The second kappa shape index (κ2) is 5.76. The first kappa shape index (κ1) is 15.4. The first-order chi connectivity index (χ1) is 11.5. The van der Waals surface area contributed by atoms with Crippen LogP contribution in [-0.4, -0.2) is 22.5 Å². The number of aromatic nitrogens is 1. The summed E-state index contributed by atoms with van der Waals surface area (Å²) in [5, 5.41) is 3.98. The van der Waals surface area contributed by atoms with Crippen molar-refractivity contribution in [2.45, 2.75) is 52.0 Å². The summed E-state index contributed by atoms with van der Waals surface area (Å²) in [6.07, 6.45) is 2.98. The van der Waals surface area contributed by atoms with Crippen LogP contribution < -0.4 is 0 Å². The number of amides is 1.